The number of rotatable bonds is 2. The standard InChI is InChI=1S/C20H14N4O3/c21-20(27)14-8-23-18(13-7-22-16-6-10(26)1-3-11(13)16)19-17(14)12-5-9(25)2-4-15(12)24-19/h1-8,22,24-26H,(H2,21,27). The number of carbonyl (C=O) groups is 1. The lowest BCUT2D eigenvalue weighted by Gasteiger charge is -2.05. The number of aromatic nitrogens is 3. The summed E-state index contributed by atoms with van der Waals surface area (Å²) in [4.78, 5) is 22.9. The molecule has 0 saturated carbocycles. The van der Waals surface area contributed by atoms with Gasteiger partial charge in [-0.25, -0.2) is 0 Å². The molecule has 5 rings (SSSR count). The highest BCUT2D eigenvalue weighted by Gasteiger charge is 2.19. The molecule has 0 fully saturated rings. The fourth-order valence-electron chi connectivity index (χ4n) is 3.60. The molecule has 0 bridgehead atoms. The van der Waals surface area contributed by atoms with Crippen molar-refractivity contribution in [1.82, 2.24) is 15.0 Å². The summed E-state index contributed by atoms with van der Waals surface area (Å²) in [5, 5.41) is 21.8. The number of aromatic amines is 2. The summed E-state index contributed by atoms with van der Waals surface area (Å²) in [6.45, 7) is 0. The first-order valence-corrected chi connectivity index (χ1v) is 8.26. The van der Waals surface area contributed by atoms with Gasteiger partial charge >= 0.3 is 0 Å². The quantitative estimate of drug-likeness (QED) is 0.331. The van der Waals surface area contributed by atoms with E-state index in [1.807, 2.05) is 0 Å². The van der Waals surface area contributed by atoms with Gasteiger partial charge in [0.05, 0.1) is 16.8 Å². The van der Waals surface area contributed by atoms with Crippen LogP contribution in [0.1, 0.15) is 10.4 Å². The van der Waals surface area contributed by atoms with Gasteiger partial charge in [0.1, 0.15) is 11.5 Å². The van der Waals surface area contributed by atoms with Crippen molar-refractivity contribution in [3.8, 4) is 22.8 Å². The van der Waals surface area contributed by atoms with Crippen molar-refractivity contribution >= 4 is 38.6 Å². The van der Waals surface area contributed by atoms with Gasteiger partial charge in [0.2, 0.25) is 0 Å². The van der Waals surface area contributed by atoms with E-state index in [2.05, 4.69) is 15.0 Å². The number of primary amides is 1. The lowest BCUT2D eigenvalue weighted by Crippen LogP contribution is -2.12. The van der Waals surface area contributed by atoms with Crippen LogP contribution in [-0.4, -0.2) is 31.1 Å². The zero-order chi connectivity index (χ0) is 18.7. The third-order valence-electron chi connectivity index (χ3n) is 4.80. The number of nitrogens with one attached hydrogen (secondary N) is 2. The summed E-state index contributed by atoms with van der Waals surface area (Å²) >= 11 is 0. The van der Waals surface area contributed by atoms with Gasteiger partial charge in [-0.2, -0.15) is 0 Å². The van der Waals surface area contributed by atoms with Gasteiger partial charge in [-0.3, -0.25) is 9.78 Å². The number of aromatic hydroxyl groups is 2. The molecule has 0 saturated heterocycles. The van der Waals surface area contributed by atoms with Crippen LogP contribution >= 0.6 is 0 Å². The average Bonchev–Trinajstić information content (AvgIpc) is 3.21. The van der Waals surface area contributed by atoms with E-state index in [9.17, 15) is 15.0 Å². The minimum absolute atomic E-state index is 0.0970. The number of hydrogen-bond acceptors (Lipinski definition) is 4. The van der Waals surface area contributed by atoms with E-state index in [0.717, 1.165) is 22.0 Å². The van der Waals surface area contributed by atoms with E-state index < -0.39 is 5.91 Å². The third kappa shape index (κ3) is 2.15. The van der Waals surface area contributed by atoms with Crippen molar-refractivity contribution in [3.05, 3.63) is 54.4 Å². The molecule has 132 valence electrons. The molecule has 3 aromatic heterocycles. The van der Waals surface area contributed by atoms with Crippen LogP contribution in [0.15, 0.2) is 48.8 Å². The first-order valence-electron chi connectivity index (χ1n) is 8.26. The van der Waals surface area contributed by atoms with Crippen molar-refractivity contribution < 1.29 is 15.0 Å². The number of fused-ring (bicyclic) bond motifs is 4. The number of phenols is 2. The normalized spacial score (nSPS) is 11.6. The Kier molecular flexibility index (Phi) is 2.97. The SMILES string of the molecule is NC(=O)c1cnc(-c2c[nH]c3cc(O)ccc23)c2[nH]c3ccc(O)cc3c12. The van der Waals surface area contributed by atoms with Crippen LogP contribution in [0.2, 0.25) is 0 Å². The van der Waals surface area contributed by atoms with Crippen LogP contribution in [0.4, 0.5) is 0 Å². The number of pyridine rings is 1. The predicted molar refractivity (Wildman–Crippen MR) is 103 cm³/mol. The molecule has 2 aromatic carbocycles. The molecule has 0 aliphatic rings. The molecule has 0 aliphatic carbocycles. The Balaban J connectivity index is 1.92. The van der Waals surface area contributed by atoms with Crippen LogP contribution in [0, 0.1) is 0 Å². The van der Waals surface area contributed by atoms with Crippen LogP contribution < -0.4 is 5.73 Å². The summed E-state index contributed by atoms with van der Waals surface area (Å²) in [6, 6.07) is 9.96. The third-order valence-corrected chi connectivity index (χ3v) is 4.80. The fraction of sp³-hybridized carbons (Fsp3) is 0. The number of nitrogens with two attached hydrogens (primary N) is 1. The van der Waals surface area contributed by atoms with Gasteiger partial charge in [-0.05, 0) is 30.3 Å². The first-order chi connectivity index (χ1) is 13.0. The number of phenolic OH excluding ortho intramolecular Hbond substituents is 2. The molecular weight excluding hydrogens is 344 g/mol. The molecule has 0 radical (unpaired) electrons. The molecular formula is C20H14N4O3. The van der Waals surface area contributed by atoms with Crippen LogP contribution in [0.3, 0.4) is 0 Å². The summed E-state index contributed by atoms with van der Waals surface area (Å²) in [6.07, 6.45) is 3.26. The Morgan fingerprint density at radius 3 is 2.59 bits per heavy atom. The maximum Gasteiger partial charge on any atom is 0.250 e. The Labute approximate surface area is 152 Å². The topological polar surface area (TPSA) is 128 Å². The van der Waals surface area contributed by atoms with Crippen LogP contribution in [0.25, 0.3) is 44.0 Å². The summed E-state index contributed by atoms with van der Waals surface area (Å²) in [5.74, 6) is -0.328. The van der Waals surface area contributed by atoms with Gasteiger partial charge < -0.3 is 25.9 Å². The number of H-pyrrole nitrogens is 2. The smallest absolute Gasteiger partial charge is 0.250 e. The zero-order valence-electron chi connectivity index (χ0n) is 13.9. The number of benzene rings is 2. The zero-order valence-corrected chi connectivity index (χ0v) is 13.9. The molecule has 1 amide bonds. The van der Waals surface area contributed by atoms with E-state index in [4.69, 9.17) is 5.73 Å². The predicted octanol–water partition coefficient (Wildman–Crippen LogP) is 3.37. The number of amides is 1. The summed E-state index contributed by atoms with van der Waals surface area (Å²) < 4.78 is 0. The highest BCUT2D eigenvalue weighted by molar-refractivity contribution is 6.20. The molecule has 5 aromatic rings. The van der Waals surface area contributed by atoms with Crippen molar-refractivity contribution in [2.24, 2.45) is 5.73 Å². The molecule has 3 heterocycles. The van der Waals surface area contributed by atoms with E-state index in [1.54, 1.807) is 42.6 Å². The maximum atomic E-state index is 12.0. The molecule has 27 heavy (non-hydrogen) atoms. The number of nitrogens with zero attached hydrogens (tertiary/aromatic N) is 1. The van der Waals surface area contributed by atoms with Crippen molar-refractivity contribution in [2.45, 2.75) is 0 Å². The fourth-order valence-corrected chi connectivity index (χ4v) is 3.60. The van der Waals surface area contributed by atoms with Crippen molar-refractivity contribution in [3.63, 3.8) is 0 Å². The van der Waals surface area contributed by atoms with E-state index in [1.165, 1.54) is 6.20 Å². The first kappa shape index (κ1) is 15.3. The van der Waals surface area contributed by atoms with E-state index in [0.29, 0.717) is 22.0 Å². The van der Waals surface area contributed by atoms with Crippen molar-refractivity contribution in [2.75, 3.05) is 0 Å². The van der Waals surface area contributed by atoms with Gasteiger partial charge in [0, 0.05) is 51.2 Å². The molecule has 7 heteroatoms. The summed E-state index contributed by atoms with van der Waals surface area (Å²) in [7, 11) is 0. The molecule has 0 atom stereocenters. The second kappa shape index (κ2) is 5.25. The monoisotopic (exact) mass is 358 g/mol. The Morgan fingerprint density at radius 1 is 1.00 bits per heavy atom. The molecule has 6 N–H and O–H groups in total. The molecule has 0 aliphatic heterocycles. The molecule has 7 nitrogen and oxygen atoms in total. The average molecular weight is 358 g/mol. The molecule has 0 spiro atoms. The van der Waals surface area contributed by atoms with Crippen LogP contribution in [-0.2, 0) is 0 Å². The van der Waals surface area contributed by atoms with Gasteiger partial charge in [-0.1, -0.05) is 0 Å². The highest BCUT2D eigenvalue weighted by Crippen LogP contribution is 2.38. The largest absolute Gasteiger partial charge is 0.508 e. The minimum atomic E-state index is -0.591. The van der Waals surface area contributed by atoms with Gasteiger partial charge in [0.25, 0.3) is 5.91 Å². The van der Waals surface area contributed by atoms with E-state index >= 15 is 0 Å². The Hall–Kier alpha value is -4.00. The maximum absolute atomic E-state index is 12.0. The highest BCUT2D eigenvalue weighted by atomic mass is 16.3. The Morgan fingerprint density at radius 2 is 1.78 bits per heavy atom. The number of hydrogen-bond donors (Lipinski definition) is 5. The van der Waals surface area contributed by atoms with Gasteiger partial charge in [0.15, 0.2) is 0 Å². The molecule has 0 unspecified atom stereocenters. The minimum Gasteiger partial charge on any atom is -0.508 e. The van der Waals surface area contributed by atoms with E-state index in [-0.39, 0.29) is 17.1 Å². The number of carbonyl (C=O) groups excluding carboxylic acids is 1. The lowest BCUT2D eigenvalue weighted by atomic mass is 10.0. The Bertz CT molecular complexity index is 1380. The second-order valence-electron chi connectivity index (χ2n) is 6.42. The second-order valence-corrected chi connectivity index (χ2v) is 6.42. The van der Waals surface area contributed by atoms with Crippen LogP contribution in [0.5, 0.6) is 11.5 Å². The van der Waals surface area contributed by atoms with Crippen molar-refractivity contribution in [1.29, 1.82) is 0 Å². The summed E-state index contributed by atoms with van der Waals surface area (Å²) in [5.41, 5.74) is 9.48. The lowest BCUT2D eigenvalue weighted by molar-refractivity contribution is 0.100. The van der Waals surface area contributed by atoms with Gasteiger partial charge in [-0.15, -0.1) is 0 Å².